The second-order valence-corrected chi connectivity index (χ2v) is 6.91. The summed E-state index contributed by atoms with van der Waals surface area (Å²) >= 11 is 0. The van der Waals surface area contributed by atoms with E-state index in [0.717, 1.165) is 16.8 Å². The summed E-state index contributed by atoms with van der Waals surface area (Å²) in [5.74, 6) is 0.369. The monoisotopic (exact) mass is 403 g/mol. The summed E-state index contributed by atoms with van der Waals surface area (Å²) in [6.07, 6.45) is 0.170. The maximum absolute atomic E-state index is 12.7. The summed E-state index contributed by atoms with van der Waals surface area (Å²) in [4.78, 5) is 26.9. The lowest BCUT2D eigenvalue weighted by atomic mass is 10.1. The van der Waals surface area contributed by atoms with Crippen LogP contribution >= 0.6 is 12.4 Å². The van der Waals surface area contributed by atoms with E-state index >= 15 is 0 Å². The molecule has 0 aliphatic carbocycles. The molecule has 2 heterocycles. The molecule has 2 amide bonds. The molecule has 0 saturated carbocycles. The number of nitrogens with one attached hydrogen (secondary N) is 1. The molecule has 7 nitrogen and oxygen atoms in total. The largest absolute Gasteiger partial charge is 0.454 e. The van der Waals surface area contributed by atoms with Gasteiger partial charge in [0.15, 0.2) is 11.5 Å². The first kappa shape index (κ1) is 19.8. The number of carbonyl (C=O) groups excluding carboxylic acids is 2. The summed E-state index contributed by atoms with van der Waals surface area (Å²) in [5, 5.41) is 2.82. The topological polar surface area (TPSA) is 93.9 Å². The minimum Gasteiger partial charge on any atom is -0.454 e. The van der Waals surface area contributed by atoms with Crippen molar-refractivity contribution in [3.8, 4) is 11.5 Å². The summed E-state index contributed by atoms with van der Waals surface area (Å²) in [5.41, 5.74) is 9.87. The first-order valence-electron chi connectivity index (χ1n) is 8.80. The van der Waals surface area contributed by atoms with Crippen LogP contribution in [0.15, 0.2) is 30.3 Å². The summed E-state index contributed by atoms with van der Waals surface area (Å²) in [6.45, 7) is 4.47. The van der Waals surface area contributed by atoms with Crippen LogP contribution in [-0.2, 0) is 9.59 Å². The van der Waals surface area contributed by atoms with Crippen LogP contribution in [-0.4, -0.2) is 25.2 Å². The van der Waals surface area contributed by atoms with Crippen LogP contribution in [0.4, 0.5) is 17.1 Å². The Morgan fingerprint density at radius 2 is 1.93 bits per heavy atom. The number of aryl methyl sites for hydroxylation is 1. The molecule has 0 radical (unpaired) electrons. The van der Waals surface area contributed by atoms with Crippen LogP contribution in [0.25, 0.3) is 0 Å². The summed E-state index contributed by atoms with van der Waals surface area (Å²) in [6, 6.07) is 9.11. The molecule has 1 fully saturated rings. The Kier molecular flexibility index (Phi) is 5.38. The van der Waals surface area contributed by atoms with Crippen LogP contribution in [0, 0.1) is 19.8 Å². The van der Waals surface area contributed by atoms with Gasteiger partial charge in [-0.05, 0) is 31.0 Å². The Hall–Kier alpha value is -2.93. The second-order valence-electron chi connectivity index (χ2n) is 6.91. The number of amides is 2. The number of fused-ring (bicyclic) bond motifs is 1. The molecule has 4 rings (SSSR count). The van der Waals surface area contributed by atoms with Crippen molar-refractivity contribution >= 4 is 41.3 Å². The highest BCUT2D eigenvalue weighted by Crippen LogP contribution is 2.38. The molecule has 2 aromatic carbocycles. The van der Waals surface area contributed by atoms with Gasteiger partial charge in [-0.2, -0.15) is 0 Å². The predicted molar refractivity (Wildman–Crippen MR) is 109 cm³/mol. The maximum atomic E-state index is 12.7. The first-order chi connectivity index (χ1) is 12.9. The van der Waals surface area contributed by atoms with E-state index in [4.69, 9.17) is 15.2 Å². The predicted octanol–water partition coefficient (Wildman–Crippen LogP) is 3.03. The number of hydrogen-bond donors (Lipinski definition) is 2. The summed E-state index contributed by atoms with van der Waals surface area (Å²) < 4.78 is 10.6. The first-order valence-corrected chi connectivity index (χ1v) is 8.80. The fraction of sp³-hybridized carbons (Fsp3) is 0.300. The van der Waals surface area contributed by atoms with Crippen LogP contribution in [0.1, 0.15) is 17.5 Å². The zero-order valence-electron chi connectivity index (χ0n) is 15.7. The lowest BCUT2D eigenvalue weighted by Crippen LogP contribution is -2.28. The Bertz CT molecular complexity index is 947. The van der Waals surface area contributed by atoms with Crippen molar-refractivity contribution in [2.75, 3.05) is 29.3 Å². The van der Waals surface area contributed by atoms with Crippen LogP contribution in [0.3, 0.4) is 0 Å². The van der Waals surface area contributed by atoms with Crippen molar-refractivity contribution in [3.05, 3.63) is 41.5 Å². The Morgan fingerprint density at radius 1 is 1.21 bits per heavy atom. The van der Waals surface area contributed by atoms with Gasteiger partial charge in [0.2, 0.25) is 18.6 Å². The third kappa shape index (κ3) is 3.45. The molecular weight excluding hydrogens is 382 g/mol. The van der Waals surface area contributed by atoms with Gasteiger partial charge in [0.05, 0.1) is 17.3 Å². The van der Waals surface area contributed by atoms with Gasteiger partial charge in [-0.3, -0.25) is 9.59 Å². The lowest BCUT2D eigenvalue weighted by molar-refractivity contribution is -0.122. The molecule has 3 N–H and O–H groups in total. The van der Waals surface area contributed by atoms with Gasteiger partial charge >= 0.3 is 0 Å². The highest BCUT2D eigenvalue weighted by atomic mass is 35.5. The van der Waals surface area contributed by atoms with Crippen LogP contribution < -0.4 is 25.4 Å². The van der Waals surface area contributed by atoms with Gasteiger partial charge in [0, 0.05) is 30.8 Å². The smallest absolute Gasteiger partial charge is 0.231 e. The minimum atomic E-state index is -0.442. The molecule has 148 valence electrons. The molecule has 28 heavy (non-hydrogen) atoms. The summed E-state index contributed by atoms with van der Waals surface area (Å²) in [7, 11) is 0. The van der Waals surface area contributed by atoms with E-state index in [1.165, 1.54) is 0 Å². The van der Waals surface area contributed by atoms with Crippen molar-refractivity contribution in [2.45, 2.75) is 20.3 Å². The van der Waals surface area contributed by atoms with E-state index in [9.17, 15) is 9.59 Å². The van der Waals surface area contributed by atoms with Gasteiger partial charge in [-0.25, -0.2) is 0 Å². The van der Waals surface area contributed by atoms with E-state index in [1.54, 1.807) is 17.0 Å². The van der Waals surface area contributed by atoms with Crippen LogP contribution in [0.2, 0.25) is 0 Å². The molecule has 2 aliphatic rings. The molecule has 2 aromatic rings. The average Bonchev–Trinajstić information content (AvgIpc) is 3.24. The number of rotatable bonds is 3. The molecule has 0 spiro atoms. The van der Waals surface area contributed by atoms with E-state index < -0.39 is 5.92 Å². The lowest BCUT2D eigenvalue weighted by Gasteiger charge is -2.20. The number of halogens is 1. The number of nitrogens with zero attached hydrogens (tertiary/aromatic N) is 1. The minimum absolute atomic E-state index is 0. The third-order valence-corrected chi connectivity index (χ3v) is 5.17. The Morgan fingerprint density at radius 3 is 2.68 bits per heavy atom. The van der Waals surface area contributed by atoms with Crippen LogP contribution in [0.5, 0.6) is 11.5 Å². The highest BCUT2D eigenvalue weighted by molar-refractivity contribution is 6.04. The fourth-order valence-electron chi connectivity index (χ4n) is 3.44. The average molecular weight is 404 g/mol. The highest BCUT2D eigenvalue weighted by Gasteiger charge is 2.36. The van der Waals surface area contributed by atoms with E-state index in [1.807, 2.05) is 32.0 Å². The second kappa shape index (κ2) is 7.59. The SMILES string of the molecule is Cc1cccc(N2CC(C(=O)Nc3cc4c(cc3N)OCO4)CC2=O)c1C.Cl. The van der Waals surface area contributed by atoms with Gasteiger partial charge in [0.25, 0.3) is 0 Å². The zero-order valence-corrected chi connectivity index (χ0v) is 16.5. The number of benzene rings is 2. The van der Waals surface area contributed by atoms with Gasteiger partial charge in [-0.1, -0.05) is 12.1 Å². The van der Waals surface area contributed by atoms with Crippen molar-refractivity contribution in [1.29, 1.82) is 0 Å². The van der Waals surface area contributed by atoms with Gasteiger partial charge < -0.3 is 25.4 Å². The quantitative estimate of drug-likeness (QED) is 0.768. The standard InChI is InChI=1S/C20H21N3O4.ClH/c1-11-4-3-5-16(12(11)2)23-9-13(6-19(23)24)20(25)22-15-8-18-17(7-14(15)21)26-10-27-18;/h3-5,7-8,13H,6,9-10,21H2,1-2H3,(H,22,25);1H. The number of anilines is 3. The Balaban J connectivity index is 0.00000225. The van der Waals surface area contributed by atoms with Crippen molar-refractivity contribution in [1.82, 2.24) is 0 Å². The van der Waals surface area contributed by atoms with E-state index in [0.29, 0.717) is 29.4 Å². The van der Waals surface area contributed by atoms with E-state index in [-0.39, 0.29) is 37.4 Å². The number of nitrogens with two attached hydrogens (primary N) is 1. The normalized spacial score (nSPS) is 17.4. The van der Waals surface area contributed by atoms with Crippen molar-refractivity contribution in [3.63, 3.8) is 0 Å². The molecule has 1 atom stereocenters. The number of hydrogen-bond acceptors (Lipinski definition) is 5. The molecule has 0 aromatic heterocycles. The van der Waals surface area contributed by atoms with Gasteiger partial charge in [0.1, 0.15) is 0 Å². The third-order valence-electron chi connectivity index (χ3n) is 5.17. The van der Waals surface area contributed by atoms with E-state index in [2.05, 4.69) is 5.32 Å². The zero-order chi connectivity index (χ0) is 19.1. The molecule has 8 heteroatoms. The van der Waals surface area contributed by atoms with Crippen molar-refractivity contribution < 1.29 is 19.1 Å². The number of ether oxygens (including phenoxy) is 2. The van der Waals surface area contributed by atoms with Crippen molar-refractivity contribution in [2.24, 2.45) is 5.92 Å². The molecular formula is C20H22ClN3O4. The molecule has 1 unspecified atom stereocenters. The molecule has 1 saturated heterocycles. The number of nitrogen functional groups attached to an aromatic ring is 1. The van der Waals surface area contributed by atoms with Gasteiger partial charge in [-0.15, -0.1) is 12.4 Å². The molecule has 0 bridgehead atoms. The Labute approximate surface area is 169 Å². The number of carbonyl (C=O) groups is 2. The fourth-order valence-corrected chi connectivity index (χ4v) is 3.44. The maximum Gasteiger partial charge on any atom is 0.231 e. The molecule has 2 aliphatic heterocycles.